The molecule has 0 heterocycles. The molecule has 412 valence electrons. The minimum atomic E-state index is -0.667. The second kappa shape index (κ2) is 59.4. The van der Waals surface area contributed by atoms with Crippen LogP contribution >= 0.6 is 0 Å². The Morgan fingerprint density at radius 3 is 0.884 bits per heavy atom. The standard InChI is InChI=1S/C63H125NO5/c1-3-5-7-9-11-13-15-17-19-21-22-24-27-31-35-39-43-47-51-55-61(66)60(59-65)64-62(67)56-52-48-44-40-36-32-28-25-23-26-30-34-38-42-46-50-54-58-69-63(68)57-53-49-45-41-37-33-29-20-18-16-14-12-10-8-6-4-2/h60-61,65-66H,3-59H2,1-2H3,(H,64,67). The Hall–Kier alpha value is -1.14. The van der Waals surface area contributed by atoms with Gasteiger partial charge in [-0.25, -0.2) is 0 Å². The van der Waals surface area contributed by atoms with Crippen molar-refractivity contribution in [3.05, 3.63) is 0 Å². The summed E-state index contributed by atoms with van der Waals surface area (Å²) >= 11 is 0. The fraction of sp³-hybridized carbons (Fsp3) is 0.968. The molecule has 0 bridgehead atoms. The maximum absolute atomic E-state index is 12.5. The Kier molecular flexibility index (Phi) is 58.4. The van der Waals surface area contributed by atoms with E-state index in [2.05, 4.69) is 19.2 Å². The largest absolute Gasteiger partial charge is 0.466 e. The molecule has 2 atom stereocenters. The van der Waals surface area contributed by atoms with E-state index in [0.717, 1.165) is 38.5 Å². The van der Waals surface area contributed by atoms with Gasteiger partial charge in [-0.15, -0.1) is 0 Å². The molecule has 0 aromatic rings. The number of aliphatic hydroxyl groups is 2. The average molecular weight is 977 g/mol. The number of ether oxygens (including phenoxy) is 1. The molecule has 1 amide bonds. The van der Waals surface area contributed by atoms with Crippen LogP contribution in [0.5, 0.6) is 0 Å². The average Bonchev–Trinajstić information content (AvgIpc) is 3.35. The molecule has 0 aromatic carbocycles. The molecule has 0 aliphatic carbocycles. The number of amides is 1. The maximum Gasteiger partial charge on any atom is 0.305 e. The van der Waals surface area contributed by atoms with Gasteiger partial charge in [0.2, 0.25) is 5.91 Å². The van der Waals surface area contributed by atoms with E-state index >= 15 is 0 Å². The fourth-order valence-electron chi connectivity index (χ4n) is 10.3. The third kappa shape index (κ3) is 56.0. The van der Waals surface area contributed by atoms with Gasteiger partial charge < -0.3 is 20.3 Å². The lowest BCUT2D eigenvalue weighted by atomic mass is 10.0. The smallest absolute Gasteiger partial charge is 0.305 e. The van der Waals surface area contributed by atoms with Crippen molar-refractivity contribution in [2.75, 3.05) is 13.2 Å². The molecular formula is C63H125NO5. The van der Waals surface area contributed by atoms with Crippen molar-refractivity contribution in [1.29, 1.82) is 0 Å². The van der Waals surface area contributed by atoms with Gasteiger partial charge in [0.15, 0.2) is 0 Å². The Morgan fingerprint density at radius 2 is 0.594 bits per heavy atom. The predicted octanol–water partition coefficient (Wildman–Crippen LogP) is 19.9. The number of unbranched alkanes of at least 4 members (excludes halogenated alkanes) is 49. The van der Waals surface area contributed by atoms with E-state index in [-0.39, 0.29) is 18.5 Å². The molecule has 0 aliphatic heterocycles. The summed E-state index contributed by atoms with van der Waals surface area (Å²) in [4.78, 5) is 24.6. The van der Waals surface area contributed by atoms with Crippen LogP contribution in [0.3, 0.4) is 0 Å². The molecule has 69 heavy (non-hydrogen) atoms. The minimum Gasteiger partial charge on any atom is -0.466 e. The van der Waals surface area contributed by atoms with E-state index in [9.17, 15) is 19.8 Å². The van der Waals surface area contributed by atoms with Crippen LogP contribution in [-0.2, 0) is 14.3 Å². The first kappa shape index (κ1) is 67.9. The summed E-state index contributed by atoms with van der Waals surface area (Å²) in [5.41, 5.74) is 0. The summed E-state index contributed by atoms with van der Waals surface area (Å²) in [6.07, 6.45) is 69.6. The van der Waals surface area contributed by atoms with Crippen LogP contribution in [-0.4, -0.2) is 47.4 Å². The number of hydrogen-bond acceptors (Lipinski definition) is 5. The van der Waals surface area contributed by atoms with Crippen molar-refractivity contribution in [2.24, 2.45) is 0 Å². The quantitative estimate of drug-likeness (QED) is 0.0417. The van der Waals surface area contributed by atoms with Gasteiger partial charge >= 0.3 is 5.97 Å². The predicted molar refractivity (Wildman–Crippen MR) is 301 cm³/mol. The van der Waals surface area contributed by atoms with Gasteiger partial charge in [0, 0.05) is 12.8 Å². The van der Waals surface area contributed by atoms with Gasteiger partial charge in [0.05, 0.1) is 25.4 Å². The zero-order chi connectivity index (χ0) is 50.0. The molecular weight excluding hydrogens is 851 g/mol. The molecule has 0 rings (SSSR count). The lowest BCUT2D eigenvalue weighted by Crippen LogP contribution is -2.45. The van der Waals surface area contributed by atoms with Crippen LogP contribution in [0.25, 0.3) is 0 Å². The van der Waals surface area contributed by atoms with Gasteiger partial charge in [-0.2, -0.15) is 0 Å². The number of carbonyl (C=O) groups excluding carboxylic acids is 2. The highest BCUT2D eigenvalue weighted by Gasteiger charge is 2.20. The third-order valence-corrected chi connectivity index (χ3v) is 15.2. The van der Waals surface area contributed by atoms with E-state index in [1.54, 1.807) is 0 Å². The summed E-state index contributed by atoms with van der Waals surface area (Å²) in [5.74, 6) is -0.0255. The van der Waals surface area contributed by atoms with Gasteiger partial charge in [0.25, 0.3) is 0 Å². The van der Waals surface area contributed by atoms with Crippen molar-refractivity contribution in [2.45, 2.75) is 379 Å². The van der Waals surface area contributed by atoms with Crippen LogP contribution in [0.4, 0.5) is 0 Å². The van der Waals surface area contributed by atoms with Crippen LogP contribution in [0.15, 0.2) is 0 Å². The first-order valence-corrected chi connectivity index (χ1v) is 31.8. The Labute approximate surface area is 432 Å². The molecule has 0 saturated heterocycles. The molecule has 6 heteroatoms. The number of nitrogens with one attached hydrogen (secondary N) is 1. The molecule has 0 aromatic heterocycles. The van der Waals surface area contributed by atoms with Gasteiger partial charge in [0.1, 0.15) is 0 Å². The minimum absolute atomic E-state index is 0.0102. The molecule has 3 N–H and O–H groups in total. The summed E-state index contributed by atoms with van der Waals surface area (Å²) in [7, 11) is 0. The van der Waals surface area contributed by atoms with Crippen molar-refractivity contribution in [3.8, 4) is 0 Å². The van der Waals surface area contributed by atoms with Gasteiger partial charge in [-0.1, -0.05) is 328 Å². The zero-order valence-corrected chi connectivity index (χ0v) is 47.1. The van der Waals surface area contributed by atoms with E-state index in [1.807, 2.05) is 0 Å². The van der Waals surface area contributed by atoms with Gasteiger partial charge in [-0.3, -0.25) is 9.59 Å². The van der Waals surface area contributed by atoms with Crippen LogP contribution in [0, 0.1) is 0 Å². The van der Waals surface area contributed by atoms with E-state index in [1.165, 1.54) is 295 Å². The Morgan fingerprint density at radius 1 is 0.348 bits per heavy atom. The molecule has 0 fully saturated rings. The van der Waals surface area contributed by atoms with Gasteiger partial charge in [-0.05, 0) is 25.7 Å². The Balaban J connectivity index is 3.39. The zero-order valence-electron chi connectivity index (χ0n) is 47.1. The van der Waals surface area contributed by atoms with Crippen LogP contribution in [0.2, 0.25) is 0 Å². The van der Waals surface area contributed by atoms with E-state index in [4.69, 9.17) is 4.74 Å². The summed E-state index contributed by atoms with van der Waals surface area (Å²) in [6, 6.07) is -0.545. The number of hydrogen-bond donors (Lipinski definition) is 3. The molecule has 2 unspecified atom stereocenters. The topological polar surface area (TPSA) is 95.9 Å². The molecule has 6 nitrogen and oxygen atoms in total. The van der Waals surface area contributed by atoms with E-state index in [0.29, 0.717) is 25.9 Å². The normalized spacial score (nSPS) is 12.5. The highest BCUT2D eigenvalue weighted by Crippen LogP contribution is 2.19. The molecule has 0 aliphatic rings. The second-order valence-corrected chi connectivity index (χ2v) is 22.1. The lowest BCUT2D eigenvalue weighted by Gasteiger charge is -2.22. The molecule has 0 spiro atoms. The highest BCUT2D eigenvalue weighted by atomic mass is 16.5. The second-order valence-electron chi connectivity index (χ2n) is 22.1. The highest BCUT2D eigenvalue weighted by molar-refractivity contribution is 5.76. The first-order chi connectivity index (χ1) is 34.0. The van der Waals surface area contributed by atoms with Crippen molar-refractivity contribution < 1.29 is 24.5 Å². The number of rotatable bonds is 60. The monoisotopic (exact) mass is 976 g/mol. The SMILES string of the molecule is CCCCCCCCCCCCCCCCCCCCCC(O)C(CO)NC(=O)CCCCCCCCCCCCCCCCCCCOC(=O)CCCCCCCCCCCCCCCCCC. The van der Waals surface area contributed by atoms with Crippen LogP contribution < -0.4 is 5.32 Å². The maximum atomic E-state index is 12.5. The summed E-state index contributed by atoms with van der Waals surface area (Å²) in [5, 5.41) is 23.4. The molecule has 0 radical (unpaired) electrons. The van der Waals surface area contributed by atoms with Crippen molar-refractivity contribution >= 4 is 11.9 Å². The van der Waals surface area contributed by atoms with Crippen molar-refractivity contribution in [1.82, 2.24) is 5.32 Å². The Bertz CT molecular complexity index is 990. The third-order valence-electron chi connectivity index (χ3n) is 15.2. The first-order valence-electron chi connectivity index (χ1n) is 31.8. The number of aliphatic hydroxyl groups excluding tert-OH is 2. The van der Waals surface area contributed by atoms with Crippen molar-refractivity contribution in [3.63, 3.8) is 0 Å². The van der Waals surface area contributed by atoms with Crippen LogP contribution in [0.1, 0.15) is 367 Å². The number of esters is 1. The summed E-state index contributed by atoms with van der Waals surface area (Å²) < 4.78 is 5.49. The molecule has 0 saturated carbocycles. The number of carbonyl (C=O) groups is 2. The van der Waals surface area contributed by atoms with E-state index < -0.39 is 12.1 Å². The lowest BCUT2D eigenvalue weighted by molar-refractivity contribution is -0.143. The fourth-order valence-corrected chi connectivity index (χ4v) is 10.3. The summed E-state index contributed by atoms with van der Waals surface area (Å²) in [6.45, 7) is 4.98.